The monoisotopic (exact) mass is 273 g/mol. The van der Waals surface area contributed by atoms with Crippen molar-refractivity contribution >= 4 is 0 Å². The summed E-state index contributed by atoms with van der Waals surface area (Å²) in [6.07, 6.45) is 6.47. The lowest BCUT2D eigenvalue weighted by molar-refractivity contribution is 0.255. The smallest absolute Gasteiger partial charge is 0.120 e. The number of hydrogen-bond acceptors (Lipinski definition) is 2. The van der Waals surface area contributed by atoms with Gasteiger partial charge in [0.05, 0.1) is 0 Å². The molecule has 3 rings (SSSR count). The maximum atomic E-state index is 10.3. The summed E-state index contributed by atoms with van der Waals surface area (Å²) in [7, 11) is 0. The Labute approximate surface area is 122 Å². The van der Waals surface area contributed by atoms with Crippen LogP contribution in [0.1, 0.15) is 74.6 Å². The van der Waals surface area contributed by atoms with E-state index in [1.165, 1.54) is 42.4 Å². The first kappa shape index (κ1) is 13.9. The molecule has 4 atom stereocenters. The second-order valence-corrected chi connectivity index (χ2v) is 6.95. The highest BCUT2D eigenvalue weighted by molar-refractivity contribution is 5.50. The molecule has 2 nitrogen and oxygen atoms in total. The molecule has 0 amide bonds. The van der Waals surface area contributed by atoms with Crippen molar-refractivity contribution in [2.45, 2.75) is 70.9 Å². The summed E-state index contributed by atoms with van der Waals surface area (Å²) < 4.78 is 0. The first-order valence-corrected chi connectivity index (χ1v) is 8.16. The molecular weight excluding hydrogens is 246 g/mol. The van der Waals surface area contributed by atoms with Gasteiger partial charge in [-0.1, -0.05) is 32.8 Å². The van der Waals surface area contributed by atoms with Crippen LogP contribution in [0.4, 0.5) is 0 Å². The first-order chi connectivity index (χ1) is 9.58. The third-order valence-corrected chi connectivity index (χ3v) is 5.44. The van der Waals surface area contributed by atoms with Crippen molar-refractivity contribution in [2.24, 2.45) is 5.92 Å². The van der Waals surface area contributed by atoms with Gasteiger partial charge in [-0.05, 0) is 55.2 Å². The van der Waals surface area contributed by atoms with Crippen LogP contribution in [0.15, 0.2) is 12.1 Å². The van der Waals surface area contributed by atoms with Crippen molar-refractivity contribution < 1.29 is 5.11 Å². The number of hydrogen-bond donors (Lipinski definition) is 2. The summed E-state index contributed by atoms with van der Waals surface area (Å²) in [6.45, 7) is 6.82. The van der Waals surface area contributed by atoms with Crippen LogP contribution in [0.3, 0.4) is 0 Å². The minimum absolute atomic E-state index is 0.338. The molecule has 0 aromatic heterocycles. The summed E-state index contributed by atoms with van der Waals surface area (Å²) in [5.41, 5.74) is 3.88. The fraction of sp³-hybridized carbons (Fsp3) is 0.667. The van der Waals surface area contributed by atoms with Crippen molar-refractivity contribution in [2.75, 3.05) is 0 Å². The van der Waals surface area contributed by atoms with Gasteiger partial charge in [-0.15, -0.1) is 0 Å². The molecular formula is C18H27NO. The molecule has 2 aliphatic rings. The molecule has 110 valence electrons. The molecule has 20 heavy (non-hydrogen) atoms. The number of fused-ring (bicyclic) bond motifs is 1. The van der Waals surface area contributed by atoms with E-state index in [-0.39, 0.29) is 0 Å². The Morgan fingerprint density at radius 2 is 1.85 bits per heavy atom. The molecule has 0 heterocycles. The lowest BCUT2D eigenvalue weighted by Gasteiger charge is -2.32. The van der Waals surface area contributed by atoms with E-state index in [1.807, 2.05) is 6.07 Å². The highest BCUT2D eigenvalue weighted by Crippen LogP contribution is 2.46. The van der Waals surface area contributed by atoms with Crippen LogP contribution in [0.5, 0.6) is 5.75 Å². The van der Waals surface area contributed by atoms with E-state index in [0.29, 0.717) is 23.8 Å². The van der Waals surface area contributed by atoms with Gasteiger partial charge in [-0.3, -0.25) is 0 Å². The zero-order chi connectivity index (χ0) is 14.3. The Hall–Kier alpha value is -1.02. The molecule has 1 fully saturated rings. The molecule has 0 aliphatic heterocycles. The number of nitrogens with one attached hydrogen (secondary N) is 1. The predicted molar refractivity (Wildman–Crippen MR) is 83.2 cm³/mol. The lowest BCUT2D eigenvalue weighted by Crippen LogP contribution is -2.39. The minimum Gasteiger partial charge on any atom is -0.508 e. The van der Waals surface area contributed by atoms with Crippen molar-refractivity contribution in [3.63, 3.8) is 0 Å². The van der Waals surface area contributed by atoms with Gasteiger partial charge in [-0.25, -0.2) is 0 Å². The van der Waals surface area contributed by atoms with E-state index in [2.05, 4.69) is 32.2 Å². The van der Waals surface area contributed by atoms with E-state index in [4.69, 9.17) is 0 Å². The average Bonchev–Trinajstić information content (AvgIpc) is 2.75. The Kier molecular flexibility index (Phi) is 3.76. The molecule has 0 radical (unpaired) electrons. The SMILES string of the molecule is Cc1ccc(O)c2c1C(C)CC2NC1CCCCC1C. The summed E-state index contributed by atoms with van der Waals surface area (Å²) >= 11 is 0. The summed E-state index contributed by atoms with van der Waals surface area (Å²) in [4.78, 5) is 0. The van der Waals surface area contributed by atoms with Crippen LogP contribution < -0.4 is 5.32 Å². The Morgan fingerprint density at radius 3 is 2.60 bits per heavy atom. The van der Waals surface area contributed by atoms with Crippen LogP contribution >= 0.6 is 0 Å². The Morgan fingerprint density at radius 1 is 1.10 bits per heavy atom. The fourth-order valence-corrected chi connectivity index (χ4v) is 4.32. The van der Waals surface area contributed by atoms with Crippen LogP contribution in [0.25, 0.3) is 0 Å². The van der Waals surface area contributed by atoms with Crippen molar-refractivity contribution in [1.82, 2.24) is 5.32 Å². The number of benzene rings is 1. The van der Waals surface area contributed by atoms with Crippen molar-refractivity contribution in [1.29, 1.82) is 0 Å². The topological polar surface area (TPSA) is 32.3 Å². The normalized spacial score (nSPS) is 33.1. The molecule has 0 bridgehead atoms. The van der Waals surface area contributed by atoms with Gasteiger partial charge in [0.15, 0.2) is 0 Å². The number of aryl methyl sites for hydroxylation is 1. The Balaban J connectivity index is 1.85. The van der Waals surface area contributed by atoms with E-state index >= 15 is 0 Å². The van der Waals surface area contributed by atoms with Gasteiger partial charge in [0, 0.05) is 17.6 Å². The molecule has 2 aliphatic carbocycles. The summed E-state index contributed by atoms with van der Waals surface area (Å²) in [6, 6.07) is 4.87. The third-order valence-electron chi connectivity index (χ3n) is 5.44. The van der Waals surface area contributed by atoms with Gasteiger partial charge in [0.1, 0.15) is 5.75 Å². The molecule has 1 saturated carbocycles. The molecule has 0 spiro atoms. The van der Waals surface area contributed by atoms with Crippen LogP contribution in [0.2, 0.25) is 0 Å². The second-order valence-electron chi connectivity index (χ2n) is 6.95. The van der Waals surface area contributed by atoms with Crippen LogP contribution in [-0.2, 0) is 0 Å². The molecule has 2 N–H and O–H groups in total. The molecule has 1 aromatic carbocycles. The second kappa shape index (κ2) is 5.40. The van der Waals surface area contributed by atoms with E-state index < -0.39 is 0 Å². The molecule has 4 unspecified atom stereocenters. The number of phenolic OH excluding ortho intramolecular Hbond substituents is 1. The van der Waals surface area contributed by atoms with E-state index in [0.717, 1.165) is 12.3 Å². The van der Waals surface area contributed by atoms with E-state index in [9.17, 15) is 5.11 Å². The van der Waals surface area contributed by atoms with Gasteiger partial charge in [-0.2, -0.15) is 0 Å². The number of phenols is 1. The minimum atomic E-state index is 0.338. The molecule has 2 heteroatoms. The van der Waals surface area contributed by atoms with Gasteiger partial charge in [0.25, 0.3) is 0 Å². The third kappa shape index (κ3) is 2.35. The van der Waals surface area contributed by atoms with Crippen LogP contribution in [-0.4, -0.2) is 11.1 Å². The molecule has 1 aromatic rings. The maximum Gasteiger partial charge on any atom is 0.120 e. The van der Waals surface area contributed by atoms with Gasteiger partial charge >= 0.3 is 0 Å². The predicted octanol–water partition coefficient (Wildman–Crippen LogP) is 4.42. The largest absolute Gasteiger partial charge is 0.508 e. The van der Waals surface area contributed by atoms with Crippen LogP contribution in [0, 0.1) is 12.8 Å². The quantitative estimate of drug-likeness (QED) is 0.836. The van der Waals surface area contributed by atoms with Crippen molar-refractivity contribution in [3.05, 3.63) is 28.8 Å². The van der Waals surface area contributed by atoms with Gasteiger partial charge < -0.3 is 10.4 Å². The average molecular weight is 273 g/mol. The molecule has 0 saturated heterocycles. The fourth-order valence-electron chi connectivity index (χ4n) is 4.32. The highest BCUT2D eigenvalue weighted by Gasteiger charge is 2.34. The van der Waals surface area contributed by atoms with Gasteiger partial charge in [0.2, 0.25) is 0 Å². The maximum absolute atomic E-state index is 10.3. The summed E-state index contributed by atoms with van der Waals surface area (Å²) in [5.74, 6) is 1.79. The zero-order valence-electron chi connectivity index (χ0n) is 12.9. The number of rotatable bonds is 2. The lowest BCUT2D eigenvalue weighted by atomic mass is 9.85. The highest BCUT2D eigenvalue weighted by atomic mass is 16.3. The number of aromatic hydroxyl groups is 1. The Bertz CT molecular complexity index is 496. The van der Waals surface area contributed by atoms with E-state index in [1.54, 1.807) is 0 Å². The standard InChI is InChI=1S/C18H27NO/c1-11-6-4-5-7-14(11)19-15-10-13(3)17-12(2)8-9-16(20)18(15)17/h8-9,11,13-15,19-20H,4-7,10H2,1-3H3. The zero-order valence-corrected chi connectivity index (χ0v) is 12.9. The van der Waals surface area contributed by atoms with Crippen molar-refractivity contribution in [3.8, 4) is 5.75 Å². The summed E-state index contributed by atoms with van der Waals surface area (Å²) in [5, 5.41) is 14.2. The first-order valence-electron chi connectivity index (χ1n) is 8.16.